The van der Waals surface area contributed by atoms with Gasteiger partial charge in [0.2, 0.25) is 0 Å². The topological polar surface area (TPSA) is 71.5 Å². The third-order valence-electron chi connectivity index (χ3n) is 3.91. The summed E-state index contributed by atoms with van der Waals surface area (Å²) >= 11 is 0. The molecule has 1 amide bonds. The predicted octanol–water partition coefficient (Wildman–Crippen LogP) is 3.14. The van der Waals surface area contributed by atoms with Crippen LogP contribution in [-0.4, -0.2) is 35.8 Å². The molecule has 2 N–H and O–H groups in total. The normalized spacial score (nSPS) is 11.6. The van der Waals surface area contributed by atoms with Crippen molar-refractivity contribution in [3.63, 3.8) is 0 Å². The third kappa shape index (κ3) is 5.02. The summed E-state index contributed by atoms with van der Waals surface area (Å²) in [6, 6.07) is 17.2. The van der Waals surface area contributed by atoms with Crippen LogP contribution in [0.25, 0.3) is 10.8 Å². The van der Waals surface area contributed by atoms with Gasteiger partial charge in [-0.3, -0.25) is 9.78 Å². The standard InChI is InChI=1S/C20H20N2O3.ClH/c23-19(18-9-3-6-15-5-1-2-8-17(15)18)14-25-12-11-22-20(24)16-7-4-10-21-13-16;/h1-10,13,19,23H,11-12,14H2,(H,22,24);1H. The summed E-state index contributed by atoms with van der Waals surface area (Å²) < 4.78 is 5.50. The molecule has 3 rings (SSSR count). The molecule has 1 atom stereocenters. The summed E-state index contributed by atoms with van der Waals surface area (Å²) in [6.07, 6.45) is 2.43. The Labute approximate surface area is 158 Å². The van der Waals surface area contributed by atoms with Crippen LogP contribution in [0.5, 0.6) is 0 Å². The van der Waals surface area contributed by atoms with Gasteiger partial charge in [0.25, 0.3) is 5.91 Å². The van der Waals surface area contributed by atoms with Crippen molar-refractivity contribution in [2.24, 2.45) is 0 Å². The molecular formula is C20H21ClN2O3. The molecule has 0 aliphatic rings. The van der Waals surface area contributed by atoms with Gasteiger partial charge in [-0.15, -0.1) is 12.4 Å². The highest BCUT2D eigenvalue weighted by atomic mass is 35.5. The van der Waals surface area contributed by atoms with E-state index in [1.807, 2.05) is 42.5 Å². The van der Waals surface area contributed by atoms with E-state index >= 15 is 0 Å². The van der Waals surface area contributed by atoms with Crippen molar-refractivity contribution in [2.75, 3.05) is 19.8 Å². The number of ether oxygens (including phenoxy) is 1. The van der Waals surface area contributed by atoms with Gasteiger partial charge in [-0.2, -0.15) is 0 Å². The lowest BCUT2D eigenvalue weighted by Gasteiger charge is -2.14. The quantitative estimate of drug-likeness (QED) is 0.625. The number of carbonyl (C=O) groups is 1. The van der Waals surface area contributed by atoms with Crippen LogP contribution in [0.2, 0.25) is 0 Å². The first-order valence-electron chi connectivity index (χ1n) is 8.17. The molecule has 0 radical (unpaired) electrons. The molecule has 3 aromatic rings. The van der Waals surface area contributed by atoms with Gasteiger partial charge in [0, 0.05) is 18.9 Å². The second kappa shape index (κ2) is 9.87. The molecule has 0 bridgehead atoms. The number of benzene rings is 2. The number of aromatic nitrogens is 1. The van der Waals surface area contributed by atoms with E-state index in [1.165, 1.54) is 6.20 Å². The van der Waals surface area contributed by atoms with Gasteiger partial charge in [-0.1, -0.05) is 42.5 Å². The number of halogens is 1. The molecule has 0 spiro atoms. The summed E-state index contributed by atoms with van der Waals surface area (Å²) in [5.74, 6) is -0.189. The second-order valence-electron chi connectivity index (χ2n) is 5.66. The van der Waals surface area contributed by atoms with E-state index in [4.69, 9.17) is 4.74 Å². The zero-order valence-corrected chi connectivity index (χ0v) is 15.0. The van der Waals surface area contributed by atoms with E-state index in [0.717, 1.165) is 16.3 Å². The Morgan fingerprint density at radius 2 is 1.92 bits per heavy atom. The van der Waals surface area contributed by atoms with Crippen LogP contribution in [0.1, 0.15) is 22.0 Å². The summed E-state index contributed by atoms with van der Waals surface area (Å²) in [7, 11) is 0. The minimum absolute atomic E-state index is 0. The summed E-state index contributed by atoms with van der Waals surface area (Å²) in [4.78, 5) is 15.8. The van der Waals surface area contributed by atoms with Crippen LogP contribution in [0.15, 0.2) is 67.0 Å². The summed E-state index contributed by atoms with van der Waals surface area (Å²) in [5, 5.41) is 15.2. The lowest BCUT2D eigenvalue weighted by molar-refractivity contribution is 0.0378. The lowest BCUT2D eigenvalue weighted by Crippen LogP contribution is -2.27. The van der Waals surface area contributed by atoms with E-state index in [1.54, 1.807) is 18.3 Å². The fourth-order valence-corrected chi connectivity index (χ4v) is 2.66. The Kier molecular flexibility index (Phi) is 7.53. The van der Waals surface area contributed by atoms with Crippen molar-refractivity contribution in [3.05, 3.63) is 78.1 Å². The molecule has 1 aromatic heterocycles. The number of carbonyl (C=O) groups excluding carboxylic acids is 1. The monoisotopic (exact) mass is 372 g/mol. The highest BCUT2D eigenvalue weighted by molar-refractivity contribution is 5.93. The number of hydrogen-bond donors (Lipinski definition) is 2. The minimum atomic E-state index is -0.708. The molecule has 1 unspecified atom stereocenters. The number of aliphatic hydroxyl groups is 1. The number of amides is 1. The average Bonchev–Trinajstić information content (AvgIpc) is 2.67. The smallest absolute Gasteiger partial charge is 0.252 e. The number of pyridine rings is 1. The van der Waals surface area contributed by atoms with Crippen LogP contribution in [0.4, 0.5) is 0 Å². The van der Waals surface area contributed by atoms with Gasteiger partial charge >= 0.3 is 0 Å². The molecule has 0 saturated carbocycles. The van der Waals surface area contributed by atoms with Crippen LogP contribution < -0.4 is 5.32 Å². The molecule has 6 heteroatoms. The molecule has 0 aliphatic heterocycles. The number of nitrogens with one attached hydrogen (secondary N) is 1. The Morgan fingerprint density at radius 1 is 1.12 bits per heavy atom. The first-order valence-corrected chi connectivity index (χ1v) is 8.17. The molecule has 26 heavy (non-hydrogen) atoms. The molecule has 0 saturated heterocycles. The van der Waals surface area contributed by atoms with Crippen molar-refractivity contribution in [1.82, 2.24) is 10.3 Å². The van der Waals surface area contributed by atoms with Gasteiger partial charge in [-0.25, -0.2) is 0 Å². The number of hydrogen-bond acceptors (Lipinski definition) is 4. The first-order chi connectivity index (χ1) is 12.3. The van der Waals surface area contributed by atoms with E-state index < -0.39 is 6.10 Å². The second-order valence-corrected chi connectivity index (χ2v) is 5.66. The molecule has 5 nitrogen and oxygen atoms in total. The molecule has 1 heterocycles. The van der Waals surface area contributed by atoms with E-state index in [9.17, 15) is 9.90 Å². The Hall–Kier alpha value is -2.47. The van der Waals surface area contributed by atoms with Crippen molar-refractivity contribution >= 4 is 29.1 Å². The first kappa shape index (κ1) is 19.8. The highest BCUT2D eigenvalue weighted by Crippen LogP contribution is 2.24. The largest absolute Gasteiger partial charge is 0.386 e. The van der Waals surface area contributed by atoms with Crippen molar-refractivity contribution in [1.29, 1.82) is 0 Å². The summed E-state index contributed by atoms with van der Waals surface area (Å²) in [5.41, 5.74) is 1.36. The third-order valence-corrected chi connectivity index (χ3v) is 3.91. The Bertz CT molecular complexity index is 837. The van der Waals surface area contributed by atoms with Crippen LogP contribution in [0, 0.1) is 0 Å². The lowest BCUT2D eigenvalue weighted by atomic mass is 10.0. The fourth-order valence-electron chi connectivity index (χ4n) is 2.66. The number of fused-ring (bicyclic) bond motifs is 1. The zero-order valence-electron chi connectivity index (χ0n) is 14.2. The maximum Gasteiger partial charge on any atom is 0.252 e. The summed E-state index contributed by atoms with van der Waals surface area (Å²) in [6.45, 7) is 0.876. The minimum Gasteiger partial charge on any atom is -0.386 e. The zero-order chi connectivity index (χ0) is 17.5. The average molecular weight is 373 g/mol. The molecule has 0 fully saturated rings. The van der Waals surface area contributed by atoms with Gasteiger partial charge in [0.15, 0.2) is 0 Å². The Morgan fingerprint density at radius 3 is 2.73 bits per heavy atom. The van der Waals surface area contributed by atoms with Gasteiger partial charge in [0.1, 0.15) is 6.10 Å². The molecule has 136 valence electrons. The molecule has 0 aliphatic carbocycles. The highest BCUT2D eigenvalue weighted by Gasteiger charge is 2.11. The van der Waals surface area contributed by atoms with Crippen LogP contribution >= 0.6 is 12.4 Å². The van der Waals surface area contributed by atoms with Crippen LogP contribution in [-0.2, 0) is 4.74 Å². The number of aliphatic hydroxyl groups excluding tert-OH is 1. The van der Waals surface area contributed by atoms with E-state index in [2.05, 4.69) is 10.3 Å². The van der Waals surface area contributed by atoms with Crippen molar-refractivity contribution < 1.29 is 14.6 Å². The number of rotatable bonds is 7. The van der Waals surface area contributed by atoms with Gasteiger partial charge < -0.3 is 15.2 Å². The van der Waals surface area contributed by atoms with E-state index in [-0.39, 0.29) is 24.9 Å². The maximum absolute atomic E-state index is 11.9. The predicted molar refractivity (Wildman–Crippen MR) is 104 cm³/mol. The van der Waals surface area contributed by atoms with Crippen molar-refractivity contribution in [3.8, 4) is 0 Å². The van der Waals surface area contributed by atoms with Gasteiger partial charge in [0.05, 0.1) is 18.8 Å². The maximum atomic E-state index is 11.9. The van der Waals surface area contributed by atoms with Crippen LogP contribution in [0.3, 0.4) is 0 Å². The van der Waals surface area contributed by atoms with E-state index in [0.29, 0.717) is 18.7 Å². The molecular weight excluding hydrogens is 352 g/mol. The van der Waals surface area contributed by atoms with Gasteiger partial charge in [-0.05, 0) is 28.5 Å². The SMILES string of the molecule is Cl.O=C(NCCOCC(O)c1cccc2ccccc12)c1cccnc1. The number of nitrogens with zero attached hydrogens (tertiary/aromatic N) is 1. The fraction of sp³-hybridized carbons (Fsp3) is 0.200. The van der Waals surface area contributed by atoms with Crippen molar-refractivity contribution in [2.45, 2.75) is 6.10 Å². The molecule has 2 aromatic carbocycles. The Balaban J connectivity index is 0.00000243.